The van der Waals surface area contributed by atoms with Crippen LogP contribution >= 0.6 is 0 Å². The van der Waals surface area contributed by atoms with Gasteiger partial charge >= 0.3 is 12.2 Å². The van der Waals surface area contributed by atoms with Crippen molar-refractivity contribution in [2.24, 2.45) is 0 Å². The van der Waals surface area contributed by atoms with Gasteiger partial charge in [0.2, 0.25) is 5.88 Å². The molecule has 2 aromatic heterocycles. The first kappa shape index (κ1) is 30.0. The minimum absolute atomic E-state index is 0.0223. The van der Waals surface area contributed by atoms with E-state index in [2.05, 4.69) is 25.6 Å². The number of hydrogen-bond donors (Lipinski definition) is 3. The van der Waals surface area contributed by atoms with E-state index in [9.17, 15) is 26.4 Å². The average Bonchev–Trinajstić information content (AvgIpc) is 2.87. The predicted octanol–water partition coefficient (Wildman–Crippen LogP) is 4.73. The van der Waals surface area contributed by atoms with Gasteiger partial charge in [-0.2, -0.15) is 21.6 Å². The van der Waals surface area contributed by atoms with Crippen molar-refractivity contribution in [1.29, 1.82) is 0 Å². The summed E-state index contributed by atoms with van der Waals surface area (Å²) in [7, 11) is 0.225. The second kappa shape index (κ2) is 12.6. The standard InChI is InChI=1S/C24H21F3N6O2.CH4O3S/c1-33(2)17-6-9-19-20(11-17)30-14-31-22(19)35-18-7-4-16(5-8-18)32-23(34)29-13-15-3-10-21(28-12-15)24(25,26)27;1-5(2,3)4/h3-12,14H,13H2,1-2H3,(H2,29,32,34);1H3,(H,2,3,4). The Morgan fingerprint density at radius 1 is 1.02 bits per heavy atom. The molecule has 0 unspecified atom stereocenters. The molecule has 15 heteroatoms. The quantitative estimate of drug-likeness (QED) is 0.276. The van der Waals surface area contributed by atoms with E-state index in [1.165, 1.54) is 12.4 Å². The monoisotopic (exact) mass is 578 g/mol. The third kappa shape index (κ3) is 9.36. The summed E-state index contributed by atoms with van der Waals surface area (Å²) >= 11 is 0. The van der Waals surface area contributed by atoms with Crippen molar-refractivity contribution in [3.05, 3.63) is 78.4 Å². The molecule has 0 aliphatic carbocycles. The number of anilines is 2. The number of amides is 2. The lowest BCUT2D eigenvalue weighted by Crippen LogP contribution is -2.28. The number of benzene rings is 2. The summed E-state index contributed by atoms with van der Waals surface area (Å²) < 4.78 is 69.5. The summed E-state index contributed by atoms with van der Waals surface area (Å²) in [6.45, 7) is 0.0223. The van der Waals surface area contributed by atoms with Gasteiger partial charge in [-0.3, -0.25) is 9.54 Å². The van der Waals surface area contributed by atoms with Crippen LogP contribution in [0.4, 0.5) is 29.3 Å². The molecule has 212 valence electrons. The normalized spacial score (nSPS) is 11.3. The number of halogens is 3. The van der Waals surface area contributed by atoms with Crippen LogP contribution in [0.25, 0.3) is 10.9 Å². The second-order valence-corrected chi connectivity index (χ2v) is 9.96. The summed E-state index contributed by atoms with van der Waals surface area (Å²) in [6, 6.07) is 14.1. The fraction of sp³-hybridized carbons (Fsp3) is 0.200. The lowest BCUT2D eigenvalue weighted by Gasteiger charge is -2.14. The molecule has 0 saturated heterocycles. The first-order valence-electron chi connectivity index (χ1n) is 11.4. The molecule has 0 aliphatic rings. The highest BCUT2D eigenvalue weighted by Crippen LogP contribution is 2.30. The van der Waals surface area contributed by atoms with Crippen LogP contribution in [-0.4, -0.2) is 54.3 Å². The first-order valence-corrected chi connectivity index (χ1v) is 13.2. The Morgan fingerprint density at radius 3 is 2.27 bits per heavy atom. The number of fused-ring (bicyclic) bond motifs is 1. The molecule has 4 aromatic rings. The Labute approximate surface area is 227 Å². The van der Waals surface area contributed by atoms with Crippen LogP contribution < -0.4 is 20.3 Å². The van der Waals surface area contributed by atoms with Gasteiger partial charge in [0.25, 0.3) is 10.1 Å². The number of hydrogen-bond acceptors (Lipinski definition) is 8. The third-order valence-electron chi connectivity index (χ3n) is 4.99. The molecule has 0 fully saturated rings. The second-order valence-electron chi connectivity index (χ2n) is 8.49. The topological polar surface area (TPSA) is 147 Å². The summed E-state index contributed by atoms with van der Waals surface area (Å²) in [4.78, 5) is 26.0. The number of carbonyl (C=O) groups excluding carboxylic acids is 1. The van der Waals surface area contributed by atoms with Gasteiger partial charge in [0.1, 0.15) is 17.8 Å². The Hall–Kier alpha value is -4.50. The summed E-state index contributed by atoms with van der Waals surface area (Å²) in [5.74, 6) is 0.924. The number of alkyl halides is 3. The van der Waals surface area contributed by atoms with E-state index in [-0.39, 0.29) is 6.54 Å². The fourth-order valence-electron chi connectivity index (χ4n) is 3.15. The number of aromatic nitrogens is 3. The fourth-order valence-corrected chi connectivity index (χ4v) is 3.15. The maximum absolute atomic E-state index is 12.6. The zero-order valence-corrected chi connectivity index (χ0v) is 22.3. The zero-order valence-electron chi connectivity index (χ0n) is 21.5. The minimum Gasteiger partial charge on any atom is -0.438 e. The van der Waals surface area contributed by atoms with E-state index in [1.54, 1.807) is 24.3 Å². The molecular formula is C25H25F3N6O5S. The molecule has 0 saturated carbocycles. The van der Waals surface area contributed by atoms with Crippen molar-refractivity contribution in [2.45, 2.75) is 12.7 Å². The highest BCUT2D eigenvalue weighted by atomic mass is 32.2. The van der Waals surface area contributed by atoms with Crippen molar-refractivity contribution < 1.29 is 35.7 Å². The van der Waals surface area contributed by atoms with Crippen molar-refractivity contribution in [3.8, 4) is 11.6 Å². The van der Waals surface area contributed by atoms with Gasteiger partial charge in [0.05, 0.1) is 17.2 Å². The van der Waals surface area contributed by atoms with Crippen molar-refractivity contribution in [2.75, 3.05) is 30.6 Å². The van der Waals surface area contributed by atoms with E-state index in [0.717, 1.165) is 28.9 Å². The molecule has 2 aromatic carbocycles. The van der Waals surface area contributed by atoms with Crippen LogP contribution in [0.3, 0.4) is 0 Å². The van der Waals surface area contributed by atoms with Crippen molar-refractivity contribution in [3.63, 3.8) is 0 Å². The molecule has 3 N–H and O–H groups in total. The molecule has 0 radical (unpaired) electrons. The minimum atomic E-state index is -4.50. The van der Waals surface area contributed by atoms with Crippen LogP contribution in [-0.2, 0) is 22.8 Å². The number of ether oxygens (including phenoxy) is 1. The van der Waals surface area contributed by atoms with Crippen molar-refractivity contribution >= 4 is 38.4 Å². The number of pyridine rings is 1. The number of urea groups is 1. The predicted molar refractivity (Wildman–Crippen MR) is 143 cm³/mol. The van der Waals surface area contributed by atoms with Gasteiger partial charge in [-0.05, 0) is 54.1 Å². The summed E-state index contributed by atoms with van der Waals surface area (Å²) in [5.41, 5.74) is 1.71. The smallest absolute Gasteiger partial charge is 0.433 e. The maximum Gasteiger partial charge on any atom is 0.433 e. The van der Waals surface area contributed by atoms with Crippen LogP contribution in [0.15, 0.2) is 67.1 Å². The molecule has 0 spiro atoms. The lowest BCUT2D eigenvalue weighted by molar-refractivity contribution is -0.141. The molecule has 4 rings (SSSR count). The van der Waals surface area contributed by atoms with E-state index >= 15 is 0 Å². The van der Waals surface area contributed by atoms with Crippen molar-refractivity contribution in [1.82, 2.24) is 20.3 Å². The maximum atomic E-state index is 12.6. The Balaban J connectivity index is 0.000000810. The summed E-state index contributed by atoms with van der Waals surface area (Å²) in [5, 5.41) is 5.98. The molecule has 0 aliphatic heterocycles. The summed E-state index contributed by atoms with van der Waals surface area (Å²) in [6.07, 6.45) is -1.28. The van der Waals surface area contributed by atoms with Gasteiger partial charge in [0.15, 0.2) is 0 Å². The first-order chi connectivity index (χ1) is 18.7. The van der Waals surface area contributed by atoms with Crippen LogP contribution in [0.1, 0.15) is 11.3 Å². The van der Waals surface area contributed by atoms with E-state index in [0.29, 0.717) is 29.1 Å². The Bertz CT molecular complexity index is 1560. The van der Waals surface area contributed by atoms with Crippen LogP contribution in [0.2, 0.25) is 0 Å². The molecule has 11 nitrogen and oxygen atoms in total. The third-order valence-corrected chi connectivity index (χ3v) is 4.99. The number of nitrogens with one attached hydrogen (secondary N) is 2. The van der Waals surface area contributed by atoms with Gasteiger partial charge in [-0.25, -0.2) is 14.8 Å². The van der Waals surface area contributed by atoms with E-state index in [4.69, 9.17) is 9.29 Å². The van der Waals surface area contributed by atoms with Gasteiger partial charge in [0, 0.05) is 38.2 Å². The molecular weight excluding hydrogens is 553 g/mol. The number of rotatable bonds is 6. The lowest BCUT2D eigenvalue weighted by atomic mass is 10.2. The van der Waals surface area contributed by atoms with Gasteiger partial charge < -0.3 is 20.3 Å². The molecule has 0 atom stereocenters. The highest BCUT2D eigenvalue weighted by molar-refractivity contribution is 7.85. The molecule has 2 heterocycles. The Morgan fingerprint density at radius 2 is 1.70 bits per heavy atom. The van der Waals surface area contributed by atoms with E-state index < -0.39 is 28.0 Å². The van der Waals surface area contributed by atoms with E-state index in [1.807, 2.05) is 37.2 Å². The van der Waals surface area contributed by atoms with Gasteiger partial charge in [-0.1, -0.05) is 6.07 Å². The highest BCUT2D eigenvalue weighted by Gasteiger charge is 2.32. The number of carbonyl (C=O) groups is 1. The molecule has 0 bridgehead atoms. The van der Waals surface area contributed by atoms with Gasteiger partial charge in [-0.15, -0.1) is 0 Å². The van der Waals surface area contributed by atoms with Crippen LogP contribution in [0.5, 0.6) is 11.6 Å². The Kier molecular flexibility index (Phi) is 9.44. The number of nitrogens with zero attached hydrogens (tertiary/aromatic N) is 4. The SMILES string of the molecule is CN(C)c1ccc2c(Oc3ccc(NC(=O)NCc4ccc(C(F)(F)F)nc4)cc3)ncnc2c1.CS(=O)(=O)O. The average molecular weight is 579 g/mol. The molecule has 40 heavy (non-hydrogen) atoms. The zero-order chi connectivity index (χ0) is 29.5. The largest absolute Gasteiger partial charge is 0.438 e. The molecule has 2 amide bonds. The van der Waals surface area contributed by atoms with Crippen LogP contribution in [0, 0.1) is 0 Å².